The van der Waals surface area contributed by atoms with Crippen LogP contribution in [-0.4, -0.2) is 50.2 Å². The first-order chi connectivity index (χ1) is 13.1. The molecule has 2 heterocycles. The molecule has 1 aromatic carbocycles. The molecule has 0 amide bonds. The third-order valence-corrected chi connectivity index (χ3v) is 6.02. The SMILES string of the molecule is COc1ccc(N2CC[NH+](CC(=O)c3cc(C)n(C4CC4)c3C)CC2)cc1. The Morgan fingerprint density at radius 3 is 2.41 bits per heavy atom. The summed E-state index contributed by atoms with van der Waals surface area (Å²) in [6, 6.07) is 11.0. The van der Waals surface area contributed by atoms with E-state index in [0.717, 1.165) is 43.2 Å². The second-order valence-electron chi connectivity index (χ2n) is 7.92. The van der Waals surface area contributed by atoms with Gasteiger partial charge in [-0.1, -0.05) is 0 Å². The summed E-state index contributed by atoms with van der Waals surface area (Å²) in [4.78, 5) is 16.7. The summed E-state index contributed by atoms with van der Waals surface area (Å²) in [7, 11) is 1.69. The van der Waals surface area contributed by atoms with E-state index in [1.54, 1.807) is 7.11 Å². The predicted octanol–water partition coefficient (Wildman–Crippen LogP) is 2.04. The fraction of sp³-hybridized carbons (Fsp3) is 0.500. The molecule has 0 bridgehead atoms. The predicted molar refractivity (Wildman–Crippen MR) is 107 cm³/mol. The third-order valence-electron chi connectivity index (χ3n) is 6.02. The molecule has 1 saturated carbocycles. The number of quaternary nitrogens is 1. The molecular weight excluding hydrogens is 338 g/mol. The number of benzene rings is 1. The number of ketones is 1. The van der Waals surface area contributed by atoms with Crippen molar-refractivity contribution in [3.8, 4) is 5.75 Å². The van der Waals surface area contributed by atoms with Gasteiger partial charge in [-0.05, 0) is 57.0 Å². The number of piperazine rings is 1. The van der Waals surface area contributed by atoms with Crippen LogP contribution < -0.4 is 14.5 Å². The van der Waals surface area contributed by atoms with Crippen molar-refractivity contribution in [3.05, 3.63) is 47.3 Å². The van der Waals surface area contributed by atoms with Crippen molar-refractivity contribution in [2.45, 2.75) is 32.7 Å². The number of rotatable bonds is 6. The van der Waals surface area contributed by atoms with Gasteiger partial charge in [0.2, 0.25) is 5.78 Å². The van der Waals surface area contributed by atoms with Gasteiger partial charge in [-0.3, -0.25) is 4.79 Å². The number of nitrogens with zero attached hydrogens (tertiary/aromatic N) is 2. The molecule has 0 spiro atoms. The molecule has 144 valence electrons. The van der Waals surface area contributed by atoms with Gasteiger partial charge >= 0.3 is 0 Å². The lowest BCUT2D eigenvalue weighted by molar-refractivity contribution is -0.892. The molecule has 1 aliphatic heterocycles. The smallest absolute Gasteiger partial charge is 0.218 e. The van der Waals surface area contributed by atoms with E-state index in [1.807, 2.05) is 12.1 Å². The second kappa shape index (κ2) is 7.39. The van der Waals surface area contributed by atoms with Crippen molar-refractivity contribution in [1.82, 2.24) is 4.57 Å². The Labute approximate surface area is 161 Å². The molecule has 0 radical (unpaired) electrons. The first-order valence-electron chi connectivity index (χ1n) is 10.0. The summed E-state index contributed by atoms with van der Waals surface area (Å²) >= 11 is 0. The van der Waals surface area contributed by atoms with Gasteiger partial charge in [-0.2, -0.15) is 0 Å². The molecule has 27 heavy (non-hydrogen) atoms. The minimum Gasteiger partial charge on any atom is -0.497 e. The summed E-state index contributed by atoms with van der Waals surface area (Å²) in [6.07, 6.45) is 2.51. The van der Waals surface area contributed by atoms with E-state index < -0.39 is 0 Å². The average molecular weight is 369 g/mol. The van der Waals surface area contributed by atoms with Crippen LogP contribution in [0.4, 0.5) is 5.69 Å². The van der Waals surface area contributed by atoms with Crippen LogP contribution in [-0.2, 0) is 0 Å². The van der Waals surface area contributed by atoms with E-state index in [0.29, 0.717) is 18.4 Å². The number of methoxy groups -OCH3 is 1. The Balaban J connectivity index is 1.35. The maximum absolute atomic E-state index is 12.9. The molecule has 1 aromatic heterocycles. The van der Waals surface area contributed by atoms with Crippen LogP contribution >= 0.6 is 0 Å². The van der Waals surface area contributed by atoms with Gasteiger partial charge in [0.15, 0.2) is 0 Å². The van der Waals surface area contributed by atoms with E-state index in [1.165, 1.54) is 29.1 Å². The normalized spacial score (nSPS) is 18.0. The first kappa shape index (κ1) is 18.1. The average Bonchev–Trinajstić information content (AvgIpc) is 3.47. The van der Waals surface area contributed by atoms with E-state index in [-0.39, 0.29) is 0 Å². The molecule has 4 rings (SSSR count). The number of ether oxygens (including phenoxy) is 1. The summed E-state index contributed by atoms with van der Waals surface area (Å²) in [6.45, 7) is 8.80. The number of hydrogen-bond acceptors (Lipinski definition) is 3. The van der Waals surface area contributed by atoms with Crippen molar-refractivity contribution >= 4 is 11.5 Å². The number of anilines is 1. The molecule has 2 fully saturated rings. The standard InChI is InChI=1S/C22H29N3O2/c1-16-14-21(17(2)25(16)19-4-5-19)22(26)15-23-10-12-24(13-11-23)18-6-8-20(27-3)9-7-18/h6-9,14,19H,4-5,10-13,15H2,1-3H3/p+1. The highest BCUT2D eigenvalue weighted by Crippen LogP contribution is 2.38. The number of aromatic nitrogens is 1. The van der Waals surface area contributed by atoms with Gasteiger partial charge in [-0.25, -0.2) is 0 Å². The van der Waals surface area contributed by atoms with Crippen LogP contribution in [0.25, 0.3) is 0 Å². The van der Waals surface area contributed by atoms with Gasteiger partial charge in [0.05, 0.1) is 33.3 Å². The van der Waals surface area contributed by atoms with Crippen molar-refractivity contribution in [1.29, 1.82) is 0 Å². The highest BCUT2D eigenvalue weighted by atomic mass is 16.5. The zero-order chi connectivity index (χ0) is 19.0. The Bertz CT molecular complexity index is 813. The summed E-state index contributed by atoms with van der Waals surface area (Å²) in [5.41, 5.74) is 4.56. The first-order valence-corrected chi connectivity index (χ1v) is 10.0. The lowest BCUT2D eigenvalue weighted by Gasteiger charge is -2.33. The molecule has 0 atom stereocenters. The number of nitrogens with one attached hydrogen (secondary N) is 1. The van der Waals surface area contributed by atoms with Crippen molar-refractivity contribution in [2.75, 3.05) is 44.7 Å². The van der Waals surface area contributed by atoms with Crippen LogP contribution in [0, 0.1) is 13.8 Å². The van der Waals surface area contributed by atoms with Crippen LogP contribution in [0.5, 0.6) is 5.75 Å². The van der Waals surface area contributed by atoms with E-state index in [4.69, 9.17) is 4.74 Å². The number of aryl methyl sites for hydroxylation is 1. The molecule has 2 aromatic rings. The van der Waals surface area contributed by atoms with Gasteiger partial charge < -0.3 is 19.1 Å². The van der Waals surface area contributed by atoms with Crippen LogP contribution in [0.15, 0.2) is 30.3 Å². The molecule has 0 unspecified atom stereocenters. The van der Waals surface area contributed by atoms with Gasteiger partial charge in [0.25, 0.3) is 0 Å². The maximum atomic E-state index is 12.9. The van der Waals surface area contributed by atoms with E-state index in [9.17, 15) is 4.79 Å². The summed E-state index contributed by atoms with van der Waals surface area (Å²) < 4.78 is 7.60. The molecular formula is C22H30N3O2+. The quantitative estimate of drug-likeness (QED) is 0.793. The Kier molecular flexibility index (Phi) is 4.96. The van der Waals surface area contributed by atoms with E-state index in [2.05, 4.69) is 41.5 Å². The van der Waals surface area contributed by atoms with E-state index >= 15 is 0 Å². The Morgan fingerprint density at radius 1 is 1.15 bits per heavy atom. The van der Waals surface area contributed by atoms with Crippen LogP contribution in [0.3, 0.4) is 0 Å². The fourth-order valence-corrected chi connectivity index (χ4v) is 4.33. The number of carbonyl (C=O) groups excluding carboxylic acids is 1. The topological polar surface area (TPSA) is 38.9 Å². The largest absolute Gasteiger partial charge is 0.497 e. The van der Waals surface area contributed by atoms with Gasteiger partial charge in [0.1, 0.15) is 12.3 Å². The van der Waals surface area contributed by atoms with Gasteiger partial charge in [-0.15, -0.1) is 0 Å². The zero-order valence-corrected chi connectivity index (χ0v) is 16.6. The molecule has 5 nitrogen and oxygen atoms in total. The highest BCUT2D eigenvalue weighted by Gasteiger charge is 2.30. The van der Waals surface area contributed by atoms with Crippen LogP contribution in [0.1, 0.15) is 40.6 Å². The summed E-state index contributed by atoms with van der Waals surface area (Å²) in [5, 5.41) is 0. The lowest BCUT2D eigenvalue weighted by Crippen LogP contribution is -3.15. The minimum atomic E-state index is 0.294. The molecule has 2 aliphatic rings. The monoisotopic (exact) mass is 368 g/mol. The number of hydrogen-bond donors (Lipinski definition) is 1. The fourth-order valence-electron chi connectivity index (χ4n) is 4.33. The Hall–Kier alpha value is -2.27. The van der Waals surface area contributed by atoms with Gasteiger partial charge in [0, 0.05) is 28.7 Å². The molecule has 1 saturated heterocycles. The number of carbonyl (C=O) groups is 1. The lowest BCUT2D eigenvalue weighted by atomic mass is 10.1. The second-order valence-corrected chi connectivity index (χ2v) is 7.92. The number of Topliss-reactive ketones (excluding diaryl/α,β-unsaturated/α-hetero) is 1. The van der Waals surface area contributed by atoms with Crippen molar-refractivity contribution in [2.24, 2.45) is 0 Å². The van der Waals surface area contributed by atoms with Crippen molar-refractivity contribution < 1.29 is 14.4 Å². The highest BCUT2D eigenvalue weighted by molar-refractivity contribution is 5.98. The zero-order valence-electron chi connectivity index (χ0n) is 16.6. The molecule has 1 aliphatic carbocycles. The Morgan fingerprint density at radius 2 is 1.81 bits per heavy atom. The van der Waals surface area contributed by atoms with Crippen molar-refractivity contribution in [3.63, 3.8) is 0 Å². The third kappa shape index (κ3) is 3.74. The molecule has 5 heteroatoms. The maximum Gasteiger partial charge on any atom is 0.218 e. The minimum absolute atomic E-state index is 0.294. The summed E-state index contributed by atoms with van der Waals surface area (Å²) in [5.74, 6) is 1.18. The van der Waals surface area contributed by atoms with Crippen LogP contribution in [0.2, 0.25) is 0 Å². The molecule has 1 N–H and O–H groups in total.